The number of benzene rings is 1. The largest absolute Gasteiger partial charge is 0.372 e. The van der Waals surface area contributed by atoms with Crippen LogP contribution in [0.2, 0.25) is 0 Å². The van der Waals surface area contributed by atoms with Crippen molar-refractivity contribution in [3.8, 4) is 18.4 Å². The van der Waals surface area contributed by atoms with Gasteiger partial charge in [0, 0.05) is 70.3 Å². The highest BCUT2D eigenvalue weighted by atomic mass is 32.2. The van der Waals surface area contributed by atoms with Crippen LogP contribution in [0.1, 0.15) is 60.3 Å². The summed E-state index contributed by atoms with van der Waals surface area (Å²) in [5.74, 6) is 2.65. The maximum atomic E-state index is 13.1. The number of amides is 3. The number of carbonyl (C=O) groups excluding carboxylic acids is 3. The molecule has 9 nitrogen and oxygen atoms in total. The van der Waals surface area contributed by atoms with E-state index >= 15 is 0 Å². The number of allylic oxidation sites excluding steroid dienone is 1. The Hall–Kier alpha value is -3.54. The number of anilines is 2. The van der Waals surface area contributed by atoms with Crippen LogP contribution >= 0.6 is 11.9 Å². The number of primary amides is 1. The highest BCUT2D eigenvalue weighted by Gasteiger charge is 2.22. The number of halogens is 1. The van der Waals surface area contributed by atoms with Crippen molar-refractivity contribution >= 4 is 41.5 Å². The first-order valence-electron chi connectivity index (χ1n) is 13.7. The fraction of sp³-hybridized carbons (Fsp3) is 0.548. The molecule has 0 aliphatic carbocycles. The van der Waals surface area contributed by atoms with Crippen molar-refractivity contribution in [1.82, 2.24) is 9.80 Å². The number of rotatable bonds is 6. The SMILES string of the molecule is C#CCC.C=C(C)C#N.CC.CCC(=O)N(C)C.CSNc1cccc(N(C)C(=O)CN2CCC(F)CC2)c1.NC=O. The van der Waals surface area contributed by atoms with Crippen molar-refractivity contribution in [3.05, 3.63) is 36.4 Å². The van der Waals surface area contributed by atoms with Gasteiger partial charge in [0.25, 0.3) is 0 Å². The molecule has 1 saturated heterocycles. The molecular formula is C31H53FN6O3S. The van der Waals surface area contributed by atoms with Gasteiger partial charge in [0.15, 0.2) is 0 Å². The highest BCUT2D eigenvalue weighted by Crippen LogP contribution is 2.21. The molecule has 42 heavy (non-hydrogen) atoms. The molecule has 2 rings (SSSR count). The topological polar surface area (TPSA) is 123 Å². The molecule has 1 aliphatic heterocycles. The summed E-state index contributed by atoms with van der Waals surface area (Å²) < 4.78 is 16.3. The first kappa shape index (κ1) is 45.4. The molecule has 0 spiro atoms. The van der Waals surface area contributed by atoms with Gasteiger partial charge in [-0.05, 0) is 38.0 Å². The lowest BCUT2D eigenvalue weighted by Gasteiger charge is -2.29. The number of terminal acetylenes is 1. The van der Waals surface area contributed by atoms with Crippen molar-refractivity contribution in [3.63, 3.8) is 0 Å². The van der Waals surface area contributed by atoms with Gasteiger partial charge < -0.3 is 20.3 Å². The lowest BCUT2D eigenvalue weighted by atomic mass is 10.1. The third kappa shape index (κ3) is 28.0. The van der Waals surface area contributed by atoms with E-state index in [1.165, 1.54) is 11.9 Å². The molecule has 0 saturated carbocycles. The molecule has 11 heteroatoms. The zero-order valence-electron chi connectivity index (χ0n) is 27.1. The number of likely N-dealkylation sites (tertiary alicyclic amines) is 1. The predicted octanol–water partition coefficient (Wildman–Crippen LogP) is 5.50. The van der Waals surface area contributed by atoms with Crippen molar-refractivity contribution in [1.29, 1.82) is 5.26 Å². The Morgan fingerprint density at radius 1 is 1.24 bits per heavy atom. The zero-order valence-corrected chi connectivity index (χ0v) is 27.9. The fourth-order valence-electron chi connectivity index (χ4n) is 2.71. The molecule has 1 fully saturated rings. The first-order valence-corrected chi connectivity index (χ1v) is 15.0. The number of piperidine rings is 1. The number of hydrogen-bond donors (Lipinski definition) is 2. The van der Waals surface area contributed by atoms with E-state index < -0.39 is 6.17 Å². The third-order valence-electron chi connectivity index (χ3n) is 4.90. The van der Waals surface area contributed by atoms with Crippen molar-refractivity contribution in [2.24, 2.45) is 5.73 Å². The minimum atomic E-state index is -0.705. The first-order chi connectivity index (χ1) is 19.9. The molecule has 0 aromatic heterocycles. The number of nitrogens with one attached hydrogen (secondary N) is 1. The van der Waals surface area contributed by atoms with Crippen LogP contribution in [0.25, 0.3) is 0 Å². The summed E-state index contributed by atoms with van der Waals surface area (Å²) >= 11 is 1.52. The Morgan fingerprint density at radius 2 is 1.71 bits per heavy atom. The standard InChI is InChI=1S/C15H22FN3OS.C5H11NO.C4H5N.C4H6.C2H6.CH3NO/c1-18(14-5-3-4-13(10-14)17-21-2)15(20)11-19-8-6-12(16)7-9-19;1-4-5(7)6(2)3;1-4(2)3-5;1-3-4-2;1-2;2-1-3/h3-5,10,12,17H,6-9,11H2,1-2H3;4H2,1-3H3;1H2,2H3;1H,4H2,2H3;1-2H3;1H,(H2,2,3). The minimum absolute atomic E-state index is 0.0357. The number of alkyl halides is 1. The van der Waals surface area contributed by atoms with E-state index in [1.54, 1.807) is 37.9 Å². The van der Waals surface area contributed by atoms with Gasteiger partial charge >= 0.3 is 0 Å². The van der Waals surface area contributed by atoms with Gasteiger partial charge in [0.1, 0.15) is 6.17 Å². The molecule has 3 amide bonds. The molecule has 1 aromatic rings. The Bertz CT molecular complexity index is 939. The molecule has 238 valence electrons. The van der Waals surface area contributed by atoms with Crippen LogP contribution in [0.4, 0.5) is 15.8 Å². The van der Waals surface area contributed by atoms with Gasteiger partial charge in [-0.2, -0.15) is 5.26 Å². The molecule has 0 unspecified atom stereocenters. The minimum Gasteiger partial charge on any atom is -0.372 e. The van der Waals surface area contributed by atoms with E-state index in [1.807, 2.05) is 69.2 Å². The van der Waals surface area contributed by atoms with Gasteiger partial charge in [-0.25, -0.2) is 4.39 Å². The van der Waals surface area contributed by atoms with Gasteiger partial charge in [0.05, 0.1) is 12.6 Å². The number of nitrogens with zero attached hydrogens (tertiary/aromatic N) is 4. The Labute approximate surface area is 258 Å². The molecule has 3 N–H and O–H groups in total. The Balaban J connectivity index is -0.000000282. The fourth-order valence-corrected chi connectivity index (χ4v) is 3.08. The van der Waals surface area contributed by atoms with Gasteiger partial charge in [-0.1, -0.05) is 52.3 Å². The predicted molar refractivity (Wildman–Crippen MR) is 178 cm³/mol. The van der Waals surface area contributed by atoms with Crippen molar-refractivity contribution in [2.45, 2.75) is 66.5 Å². The summed E-state index contributed by atoms with van der Waals surface area (Å²) in [6.45, 7) is 14.4. The Morgan fingerprint density at radius 3 is 2.05 bits per heavy atom. The lowest BCUT2D eigenvalue weighted by molar-refractivity contribution is -0.128. The van der Waals surface area contributed by atoms with E-state index in [9.17, 15) is 14.0 Å². The van der Waals surface area contributed by atoms with E-state index in [4.69, 9.17) is 16.5 Å². The van der Waals surface area contributed by atoms with Gasteiger partial charge in [-0.3, -0.25) is 19.3 Å². The van der Waals surface area contributed by atoms with E-state index in [2.05, 4.69) is 23.0 Å². The molecular weight excluding hydrogens is 555 g/mol. The average Bonchev–Trinajstić information content (AvgIpc) is 2.99. The summed E-state index contributed by atoms with van der Waals surface area (Å²) in [6, 6.07) is 9.58. The average molecular weight is 609 g/mol. The van der Waals surface area contributed by atoms with Gasteiger partial charge in [-0.15, -0.1) is 12.3 Å². The molecule has 0 bridgehead atoms. The van der Waals surface area contributed by atoms with Crippen LogP contribution in [-0.4, -0.2) is 81.2 Å². The second kappa shape index (κ2) is 32.0. The van der Waals surface area contributed by atoms with E-state index in [0.717, 1.165) is 17.8 Å². The smallest absolute Gasteiger partial charge is 0.240 e. The molecule has 1 aromatic carbocycles. The highest BCUT2D eigenvalue weighted by molar-refractivity contribution is 7.99. The van der Waals surface area contributed by atoms with Crippen LogP contribution in [0.3, 0.4) is 0 Å². The van der Waals surface area contributed by atoms with Crippen molar-refractivity contribution < 1.29 is 18.8 Å². The summed E-state index contributed by atoms with van der Waals surface area (Å²) in [4.78, 5) is 36.6. The summed E-state index contributed by atoms with van der Waals surface area (Å²) in [5.41, 5.74) is 6.56. The maximum absolute atomic E-state index is 13.1. The van der Waals surface area contributed by atoms with Crippen LogP contribution in [-0.2, 0) is 14.4 Å². The van der Waals surface area contributed by atoms with Crippen molar-refractivity contribution in [2.75, 3.05) is 56.7 Å². The molecule has 1 aliphatic rings. The molecule has 0 atom stereocenters. The van der Waals surface area contributed by atoms with Crippen LogP contribution in [0.15, 0.2) is 36.4 Å². The monoisotopic (exact) mass is 608 g/mol. The van der Waals surface area contributed by atoms with Crippen LogP contribution in [0, 0.1) is 23.7 Å². The third-order valence-corrected chi connectivity index (χ3v) is 5.34. The summed E-state index contributed by atoms with van der Waals surface area (Å²) in [5, 5.41) is 7.79. The number of hydrogen-bond acceptors (Lipinski definition) is 7. The molecule has 0 radical (unpaired) electrons. The second-order valence-corrected chi connectivity index (χ2v) is 9.10. The quantitative estimate of drug-likeness (QED) is 0.189. The summed E-state index contributed by atoms with van der Waals surface area (Å²) in [6.07, 6.45) is 8.79. The Kier molecular flexibility index (Phi) is 34.6. The number of carbonyl (C=O) groups is 3. The molecule has 1 heterocycles. The number of likely N-dealkylation sites (N-methyl/N-ethyl adjacent to an activating group) is 1. The number of nitriles is 1. The maximum Gasteiger partial charge on any atom is 0.240 e. The number of nitrogens with two attached hydrogens (primary N) is 1. The normalized spacial score (nSPS) is 11.3. The van der Waals surface area contributed by atoms with Gasteiger partial charge in [0.2, 0.25) is 18.2 Å². The summed E-state index contributed by atoms with van der Waals surface area (Å²) in [7, 11) is 5.29. The lowest BCUT2D eigenvalue weighted by Crippen LogP contribution is -2.42. The van der Waals surface area contributed by atoms with E-state index in [0.29, 0.717) is 44.5 Å². The van der Waals surface area contributed by atoms with E-state index in [-0.39, 0.29) is 18.2 Å². The van der Waals surface area contributed by atoms with Crippen LogP contribution < -0.4 is 15.4 Å². The van der Waals surface area contributed by atoms with Crippen LogP contribution in [0.5, 0.6) is 0 Å². The second-order valence-electron chi connectivity index (χ2n) is 8.49. The zero-order chi connectivity index (χ0) is 33.5.